The molecule has 4 saturated carbocycles. The normalized spacial score (nSPS) is 37.3. The molecule has 80 heavy (non-hydrogen) atoms. The van der Waals surface area contributed by atoms with Gasteiger partial charge in [0.2, 0.25) is 17.8 Å². The first-order valence-corrected chi connectivity index (χ1v) is 26.8. The molecule has 5 fully saturated rings. The van der Waals surface area contributed by atoms with Crippen LogP contribution < -0.4 is 0 Å². The van der Waals surface area contributed by atoms with Crippen LogP contribution in [0.3, 0.4) is 0 Å². The minimum atomic E-state index is -2.01. The van der Waals surface area contributed by atoms with Crippen molar-refractivity contribution in [2.45, 2.75) is 129 Å². The van der Waals surface area contributed by atoms with E-state index in [-0.39, 0.29) is 30.6 Å². The number of carbonyl (C=O) groups is 4. The van der Waals surface area contributed by atoms with Gasteiger partial charge in [0, 0.05) is 11.1 Å². The smallest absolute Gasteiger partial charge is 0.339 e. The molecule has 14 N–H and O–H groups in total. The topological polar surface area (TPSA) is 398 Å². The molecule has 0 aromatic heterocycles. The monoisotopic (exact) mass is 1120 g/mol. The molecular weight excluding hydrogens is 1050 g/mol. The zero-order valence-corrected chi connectivity index (χ0v) is 44.5. The molecule has 16 unspecified atom stereocenters. The number of aliphatic hydroxyl groups is 5. The van der Waals surface area contributed by atoms with Crippen LogP contribution in [0.4, 0.5) is 0 Å². The number of ether oxygens (including phenoxy) is 5. The fraction of sp³-hybridized carbons (Fsp3) is 0.579. The summed E-state index contributed by atoms with van der Waals surface area (Å²) in [6.45, 7) is 8.27. The third kappa shape index (κ3) is 8.03. The van der Waals surface area contributed by atoms with Gasteiger partial charge in [-0.25, -0.2) is 14.4 Å². The standard InChI is InChI=1S/C57H68O23/c1-22-8-11-56(52(75)80-51-45(70)46(42(67)33(19-58)78-51)79-48(72)24-14-28(59)39(64)29(60)15-24)13-12-54(4)27(38(56)23(22)2)6-7-34-53(3)18-32(63)47(71)57(35(53)9-10-55(34,54)5)20-76-49(73)25-16-30(61)40(65)43(68)36(25)37-26(50(74)77-21-57)17-31(62)41(66)44(37)69/h6,14-17,22-23,32-35,38,42,45-47,51,58-71H,7-13,18-21H2,1-5H3. The van der Waals surface area contributed by atoms with E-state index in [0.717, 1.165) is 17.7 Å². The highest BCUT2D eigenvalue weighted by molar-refractivity contribution is 6.08. The molecule has 23 heteroatoms. The van der Waals surface area contributed by atoms with E-state index in [4.69, 9.17) is 23.7 Å². The van der Waals surface area contributed by atoms with Crippen molar-refractivity contribution in [2.24, 2.45) is 56.7 Å². The van der Waals surface area contributed by atoms with Gasteiger partial charge in [0.15, 0.2) is 52.5 Å². The number of benzene rings is 3. The number of esters is 4. The summed E-state index contributed by atoms with van der Waals surface area (Å²) in [4.78, 5) is 57.3. The van der Waals surface area contributed by atoms with Crippen LogP contribution in [0.2, 0.25) is 0 Å². The minimum absolute atomic E-state index is 0.0479. The number of allylic oxidation sites excluding steroid dienone is 2. The van der Waals surface area contributed by atoms with Crippen molar-refractivity contribution in [3.05, 3.63) is 52.6 Å². The number of cyclic esters (lactones) is 2. The van der Waals surface area contributed by atoms with Crippen molar-refractivity contribution in [3.63, 3.8) is 0 Å². The maximum Gasteiger partial charge on any atom is 0.339 e. The minimum Gasteiger partial charge on any atom is -0.504 e. The Kier molecular flexibility index (Phi) is 13.8. The summed E-state index contributed by atoms with van der Waals surface area (Å²) in [5.41, 5.74) is -7.54. The number of aliphatic hydroxyl groups excluding tert-OH is 5. The Balaban J connectivity index is 0.983. The predicted octanol–water partition coefficient (Wildman–Crippen LogP) is 4.19. The van der Waals surface area contributed by atoms with Gasteiger partial charge in [-0.3, -0.25) is 4.79 Å². The summed E-state index contributed by atoms with van der Waals surface area (Å²) < 4.78 is 29.3. The summed E-state index contributed by atoms with van der Waals surface area (Å²) in [7, 11) is 0. The van der Waals surface area contributed by atoms with Crippen LogP contribution in [0.1, 0.15) is 117 Å². The molecule has 1 spiro atoms. The van der Waals surface area contributed by atoms with Crippen molar-refractivity contribution in [2.75, 3.05) is 19.8 Å². The second-order valence-electron chi connectivity index (χ2n) is 24.3. The highest BCUT2D eigenvalue weighted by Crippen LogP contribution is 2.76. The molecule has 0 radical (unpaired) electrons. The number of hydrogen-bond donors (Lipinski definition) is 14. The van der Waals surface area contributed by atoms with Gasteiger partial charge in [-0.2, -0.15) is 0 Å². The van der Waals surface area contributed by atoms with E-state index in [1.54, 1.807) is 0 Å². The van der Waals surface area contributed by atoms with E-state index in [1.165, 1.54) is 0 Å². The number of rotatable bonds is 5. The Labute approximate surface area is 457 Å². The first kappa shape index (κ1) is 56.5. The van der Waals surface area contributed by atoms with E-state index in [1.807, 2.05) is 6.92 Å². The van der Waals surface area contributed by atoms with Crippen LogP contribution in [-0.4, -0.2) is 158 Å². The average Bonchev–Trinajstić information content (AvgIpc) is 3.29. The summed E-state index contributed by atoms with van der Waals surface area (Å²) in [5, 5.41) is 152. The van der Waals surface area contributed by atoms with E-state index in [9.17, 15) is 85.9 Å². The Morgan fingerprint density at radius 1 is 0.675 bits per heavy atom. The Hall–Kier alpha value is -6.76. The molecule has 5 aliphatic carbocycles. The zero-order valence-electron chi connectivity index (χ0n) is 44.5. The highest BCUT2D eigenvalue weighted by atomic mass is 16.7. The number of aromatic hydroxyl groups is 9. The van der Waals surface area contributed by atoms with E-state index >= 15 is 4.79 Å². The van der Waals surface area contributed by atoms with Crippen molar-refractivity contribution in [1.82, 2.24) is 0 Å². The first-order valence-electron chi connectivity index (χ1n) is 26.8. The van der Waals surface area contributed by atoms with Crippen molar-refractivity contribution in [3.8, 4) is 62.9 Å². The molecule has 0 amide bonds. The van der Waals surface area contributed by atoms with Crippen molar-refractivity contribution < 1.29 is 114 Å². The lowest BCUT2D eigenvalue weighted by atomic mass is 9.33. The molecule has 3 aromatic rings. The fourth-order valence-electron chi connectivity index (χ4n) is 16.1. The average molecular weight is 1120 g/mol. The number of phenolic OH excluding ortho intramolecular Hbond substituents is 9. The van der Waals surface area contributed by atoms with Crippen LogP contribution in [0, 0.1) is 56.7 Å². The van der Waals surface area contributed by atoms with Crippen molar-refractivity contribution in [1.29, 1.82) is 0 Å². The molecule has 1 saturated heterocycles. The van der Waals surface area contributed by atoms with Gasteiger partial charge < -0.3 is 95.2 Å². The van der Waals surface area contributed by atoms with Gasteiger partial charge in [0.05, 0.1) is 46.3 Å². The molecule has 16 atom stereocenters. The van der Waals surface area contributed by atoms with Crippen LogP contribution in [0.15, 0.2) is 35.9 Å². The molecule has 2 aliphatic heterocycles. The second-order valence-corrected chi connectivity index (χ2v) is 24.3. The predicted molar refractivity (Wildman–Crippen MR) is 272 cm³/mol. The summed E-state index contributed by atoms with van der Waals surface area (Å²) >= 11 is 0. The van der Waals surface area contributed by atoms with Gasteiger partial charge in [-0.15, -0.1) is 0 Å². The molecule has 3 aromatic carbocycles. The van der Waals surface area contributed by atoms with Gasteiger partial charge in [-0.05, 0) is 121 Å². The van der Waals surface area contributed by atoms with Gasteiger partial charge >= 0.3 is 23.9 Å². The van der Waals surface area contributed by atoms with E-state index in [2.05, 4.69) is 33.8 Å². The Bertz CT molecular complexity index is 3000. The number of hydrogen-bond acceptors (Lipinski definition) is 23. The Morgan fingerprint density at radius 3 is 1.80 bits per heavy atom. The lowest BCUT2D eigenvalue weighted by Gasteiger charge is -2.71. The molecular formula is C57H68O23. The number of phenols is 9. The lowest BCUT2D eigenvalue weighted by molar-refractivity contribution is -0.297. The molecule has 434 valence electrons. The molecule has 7 aliphatic rings. The third-order valence-electron chi connectivity index (χ3n) is 20.7. The largest absolute Gasteiger partial charge is 0.504 e. The summed E-state index contributed by atoms with van der Waals surface area (Å²) in [5.74, 6) is -15.3. The molecule has 10 rings (SSSR count). The fourth-order valence-corrected chi connectivity index (χ4v) is 16.1. The molecule has 23 nitrogen and oxygen atoms in total. The number of carbonyl (C=O) groups excluding carboxylic acids is 4. The quantitative estimate of drug-likeness (QED) is 0.0737. The second kappa shape index (κ2) is 19.5. The molecule has 0 bridgehead atoms. The first-order chi connectivity index (χ1) is 37.5. The third-order valence-corrected chi connectivity index (χ3v) is 20.7. The maximum absolute atomic E-state index is 15.2. The van der Waals surface area contributed by atoms with Gasteiger partial charge in [-0.1, -0.05) is 46.3 Å². The van der Waals surface area contributed by atoms with Crippen LogP contribution in [-0.2, 0) is 28.5 Å². The lowest BCUT2D eigenvalue weighted by Crippen LogP contribution is -2.70. The van der Waals surface area contributed by atoms with Gasteiger partial charge in [0.25, 0.3) is 0 Å². The van der Waals surface area contributed by atoms with Crippen LogP contribution in [0.5, 0.6) is 51.7 Å². The SMILES string of the molecule is CC1CCC2(C(=O)OC3OC(CO)C(O)C(OC(=O)c4cc(O)c(O)c(O)c4)C3O)CCC3(C)C(=CCC4C5(C)CC(O)C(O)C6(COC(=O)c7cc(O)c(O)c(O)c7-c7c(cc(O)c(O)c7O)C(=O)OC6)C5CCC43C)C2C1C. The van der Waals surface area contributed by atoms with Crippen molar-refractivity contribution >= 4 is 23.9 Å². The Morgan fingerprint density at radius 2 is 1.24 bits per heavy atom. The van der Waals surface area contributed by atoms with E-state index < -0.39 is 205 Å². The maximum atomic E-state index is 15.2. The van der Waals surface area contributed by atoms with E-state index in [0.29, 0.717) is 50.7 Å². The van der Waals surface area contributed by atoms with Crippen LogP contribution >= 0.6 is 0 Å². The number of fused-ring (bicyclic) bond motifs is 11. The van der Waals surface area contributed by atoms with Gasteiger partial charge in [0.1, 0.15) is 25.4 Å². The zero-order chi connectivity index (χ0) is 58.2. The highest BCUT2D eigenvalue weighted by Gasteiger charge is 2.72. The summed E-state index contributed by atoms with van der Waals surface area (Å²) in [6, 6.07) is 2.99. The molecule has 2 heterocycles. The van der Waals surface area contributed by atoms with Crippen LogP contribution in [0.25, 0.3) is 11.1 Å². The summed E-state index contributed by atoms with van der Waals surface area (Å²) in [6.07, 6.45) is -7.22.